The summed E-state index contributed by atoms with van der Waals surface area (Å²) in [7, 11) is 0. The maximum atomic E-state index is 12.5. The van der Waals surface area contributed by atoms with E-state index >= 15 is 0 Å². The summed E-state index contributed by atoms with van der Waals surface area (Å²) in [4.78, 5) is 29.0. The van der Waals surface area contributed by atoms with Gasteiger partial charge in [-0.05, 0) is 67.3 Å². The van der Waals surface area contributed by atoms with Gasteiger partial charge < -0.3 is 0 Å². The largest absolute Gasteiger partial charge is 0.299 e. The number of halogens is 1. The average Bonchev–Trinajstić information content (AvgIpc) is 3.07. The summed E-state index contributed by atoms with van der Waals surface area (Å²) >= 11 is 6.08. The molecule has 1 saturated carbocycles. The molecule has 146 valence electrons. The van der Waals surface area contributed by atoms with Gasteiger partial charge in [-0.3, -0.25) is 19.4 Å². The molecule has 2 heterocycles. The minimum Gasteiger partial charge on any atom is -0.299 e. The zero-order chi connectivity index (χ0) is 18.9. The second-order valence-corrected chi connectivity index (χ2v) is 9.08. The number of imide groups is 1. The highest BCUT2D eigenvalue weighted by atomic mass is 35.5. The van der Waals surface area contributed by atoms with Gasteiger partial charge in [-0.1, -0.05) is 30.5 Å². The normalized spacial score (nSPS) is 22.5. The van der Waals surface area contributed by atoms with Crippen LogP contribution in [0.2, 0.25) is 5.02 Å². The van der Waals surface area contributed by atoms with Crippen LogP contribution in [0.5, 0.6) is 0 Å². The fourth-order valence-electron chi connectivity index (χ4n) is 5.14. The lowest BCUT2D eigenvalue weighted by molar-refractivity contribution is -0.153. The second kappa shape index (κ2) is 7.92. The van der Waals surface area contributed by atoms with Crippen molar-refractivity contribution in [3.05, 3.63) is 34.3 Å². The number of amides is 2. The van der Waals surface area contributed by atoms with E-state index in [1.54, 1.807) is 0 Å². The van der Waals surface area contributed by atoms with Crippen molar-refractivity contribution in [1.29, 1.82) is 0 Å². The van der Waals surface area contributed by atoms with Crippen molar-refractivity contribution in [2.75, 3.05) is 19.6 Å². The first-order chi connectivity index (χ1) is 13.0. The average molecular weight is 389 g/mol. The van der Waals surface area contributed by atoms with Crippen LogP contribution in [-0.2, 0) is 22.6 Å². The van der Waals surface area contributed by atoms with Crippen LogP contribution in [0.3, 0.4) is 0 Å². The van der Waals surface area contributed by atoms with Crippen LogP contribution in [0.15, 0.2) is 18.2 Å². The number of hydrogen-bond acceptors (Lipinski definition) is 3. The molecule has 0 N–H and O–H groups in total. The Morgan fingerprint density at radius 1 is 0.963 bits per heavy atom. The lowest BCUT2D eigenvalue weighted by Gasteiger charge is -2.37. The van der Waals surface area contributed by atoms with Gasteiger partial charge in [-0.15, -0.1) is 0 Å². The number of nitrogens with zero attached hydrogens (tertiary/aromatic N) is 2. The number of rotatable bonds is 5. The monoisotopic (exact) mass is 388 g/mol. The van der Waals surface area contributed by atoms with Crippen LogP contribution in [-0.4, -0.2) is 41.2 Å². The zero-order valence-electron chi connectivity index (χ0n) is 16.0. The number of carbonyl (C=O) groups is 2. The Morgan fingerprint density at radius 3 is 2.41 bits per heavy atom. The summed E-state index contributed by atoms with van der Waals surface area (Å²) in [5.41, 5.74) is 2.74. The van der Waals surface area contributed by atoms with Crippen molar-refractivity contribution >= 4 is 23.4 Å². The molecule has 2 fully saturated rings. The molecule has 1 saturated heterocycles. The van der Waals surface area contributed by atoms with Crippen LogP contribution >= 0.6 is 11.6 Å². The number of unbranched alkanes of at least 4 members (excludes halogenated alkanes) is 1. The van der Waals surface area contributed by atoms with Crippen LogP contribution in [0.25, 0.3) is 0 Å². The molecule has 1 aliphatic carbocycles. The minimum absolute atomic E-state index is 0.00869. The minimum atomic E-state index is 0.00869. The van der Waals surface area contributed by atoms with Crippen LogP contribution < -0.4 is 0 Å². The van der Waals surface area contributed by atoms with E-state index in [1.807, 2.05) is 6.07 Å². The highest BCUT2D eigenvalue weighted by molar-refractivity contribution is 6.30. The standard InChI is InChI=1S/C22H29ClN2O2/c23-19-6-5-18-16-24(12-7-17(18)13-19)10-3-4-11-25-20(26)14-22(15-21(25)27)8-1-2-9-22/h5-6,13H,1-4,7-12,14-16H2. The molecule has 4 nitrogen and oxygen atoms in total. The smallest absolute Gasteiger partial charge is 0.229 e. The Kier molecular flexibility index (Phi) is 5.56. The number of hydrogen-bond donors (Lipinski definition) is 0. The third-order valence-electron chi connectivity index (χ3n) is 6.68. The lowest BCUT2D eigenvalue weighted by Crippen LogP contribution is -2.47. The molecule has 0 bridgehead atoms. The van der Waals surface area contributed by atoms with Gasteiger partial charge in [0, 0.05) is 37.5 Å². The van der Waals surface area contributed by atoms with Gasteiger partial charge in [0.25, 0.3) is 0 Å². The maximum absolute atomic E-state index is 12.5. The van der Waals surface area contributed by atoms with Crippen molar-refractivity contribution in [2.45, 2.75) is 64.3 Å². The van der Waals surface area contributed by atoms with Crippen molar-refractivity contribution in [2.24, 2.45) is 5.41 Å². The van der Waals surface area contributed by atoms with E-state index in [9.17, 15) is 9.59 Å². The molecule has 27 heavy (non-hydrogen) atoms. The van der Waals surface area contributed by atoms with Crippen LogP contribution in [0, 0.1) is 5.41 Å². The first kappa shape index (κ1) is 18.9. The molecule has 0 atom stereocenters. The summed E-state index contributed by atoms with van der Waals surface area (Å²) in [5.74, 6) is 0.133. The molecule has 0 aromatic heterocycles. The number of piperidine rings is 1. The quantitative estimate of drug-likeness (QED) is 0.561. The van der Waals surface area contributed by atoms with Gasteiger partial charge in [0.2, 0.25) is 11.8 Å². The Labute approximate surface area is 166 Å². The molecule has 4 rings (SSSR count). The van der Waals surface area contributed by atoms with Crippen LogP contribution in [0.4, 0.5) is 0 Å². The predicted molar refractivity (Wildman–Crippen MR) is 107 cm³/mol. The van der Waals surface area contributed by atoms with Gasteiger partial charge in [0.05, 0.1) is 0 Å². The first-order valence-corrected chi connectivity index (χ1v) is 10.8. The molecule has 3 aliphatic rings. The molecule has 1 aromatic carbocycles. The summed E-state index contributed by atoms with van der Waals surface area (Å²) in [6.07, 6.45) is 8.59. The molecule has 2 aliphatic heterocycles. The van der Waals surface area contributed by atoms with Crippen molar-refractivity contribution in [3.63, 3.8) is 0 Å². The van der Waals surface area contributed by atoms with Gasteiger partial charge in [-0.2, -0.15) is 0 Å². The first-order valence-electron chi connectivity index (χ1n) is 10.4. The van der Waals surface area contributed by atoms with E-state index in [0.29, 0.717) is 19.4 Å². The maximum Gasteiger partial charge on any atom is 0.229 e. The predicted octanol–water partition coefficient (Wildman–Crippen LogP) is 4.19. The number of carbonyl (C=O) groups excluding carboxylic acids is 2. The highest BCUT2D eigenvalue weighted by Crippen LogP contribution is 2.46. The number of benzene rings is 1. The third-order valence-corrected chi connectivity index (χ3v) is 6.92. The second-order valence-electron chi connectivity index (χ2n) is 8.65. The van der Waals surface area contributed by atoms with E-state index in [0.717, 1.165) is 56.8 Å². The summed E-state index contributed by atoms with van der Waals surface area (Å²) in [6, 6.07) is 6.18. The van der Waals surface area contributed by atoms with E-state index < -0.39 is 0 Å². The fraction of sp³-hybridized carbons (Fsp3) is 0.636. The van der Waals surface area contributed by atoms with Crippen molar-refractivity contribution < 1.29 is 9.59 Å². The van der Waals surface area contributed by atoms with E-state index in [1.165, 1.54) is 28.9 Å². The Bertz CT molecular complexity index is 707. The molecule has 0 radical (unpaired) electrons. The van der Waals surface area contributed by atoms with E-state index in [2.05, 4.69) is 17.0 Å². The zero-order valence-corrected chi connectivity index (χ0v) is 16.8. The number of likely N-dealkylation sites (tertiary alicyclic amines) is 1. The highest BCUT2D eigenvalue weighted by Gasteiger charge is 2.44. The molecular weight excluding hydrogens is 360 g/mol. The molecule has 1 aromatic rings. The molecule has 0 unspecified atom stereocenters. The van der Waals surface area contributed by atoms with Crippen LogP contribution in [0.1, 0.15) is 62.5 Å². The van der Waals surface area contributed by atoms with Crippen molar-refractivity contribution in [3.8, 4) is 0 Å². The lowest BCUT2D eigenvalue weighted by atomic mass is 9.76. The summed E-state index contributed by atoms with van der Waals surface area (Å²) in [6.45, 7) is 3.63. The van der Waals surface area contributed by atoms with E-state index in [-0.39, 0.29) is 17.2 Å². The molecule has 2 amide bonds. The SMILES string of the molecule is O=C1CC2(CCCC2)CC(=O)N1CCCCN1CCc2cc(Cl)ccc2C1. The Balaban J connectivity index is 1.22. The van der Waals surface area contributed by atoms with E-state index in [4.69, 9.17) is 11.6 Å². The fourth-order valence-corrected chi connectivity index (χ4v) is 5.33. The van der Waals surface area contributed by atoms with Gasteiger partial charge in [-0.25, -0.2) is 0 Å². The summed E-state index contributed by atoms with van der Waals surface area (Å²) < 4.78 is 0. The van der Waals surface area contributed by atoms with Gasteiger partial charge in [0.1, 0.15) is 0 Å². The molecule has 5 heteroatoms. The summed E-state index contributed by atoms with van der Waals surface area (Å²) in [5, 5.41) is 0.817. The molecular formula is C22H29ClN2O2. The topological polar surface area (TPSA) is 40.6 Å². The van der Waals surface area contributed by atoms with Gasteiger partial charge in [0.15, 0.2) is 0 Å². The van der Waals surface area contributed by atoms with Gasteiger partial charge >= 0.3 is 0 Å². The number of fused-ring (bicyclic) bond motifs is 1. The van der Waals surface area contributed by atoms with Crippen molar-refractivity contribution in [1.82, 2.24) is 9.80 Å². The Morgan fingerprint density at radius 2 is 1.67 bits per heavy atom. The molecule has 1 spiro atoms. The third kappa shape index (κ3) is 4.22. The Hall–Kier alpha value is -1.39.